The highest BCUT2D eigenvalue weighted by Gasteiger charge is 2.21. The Morgan fingerprint density at radius 3 is 3.00 bits per heavy atom. The van der Waals surface area contributed by atoms with Gasteiger partial charge in [0.1, 0.15) is 5.75 Å². The highest BCUT2D eigenvalue weighted by molar-refractivity contribution is 6.01. The lowest BCUT2D eigenvalue weighted by atomic mass is 10.1. The summed E-state index contributed by atoms with van der Waals surface area (Å²) >= 11 is 0. The maximum absolute atomic E-state index is 12.2. The van der Waals surface area contributed by atoms with Crippen molar-refractivity contribution in [1.82, 2.24) is 10.6 Å². The van der Waals surface area contributed by atoms with Crippen LogP contribution in [0.3, 0.4) is 0 Å². The molecule has 1 aromatic carbocycles. The van der Waals surface area contributed by atoms with Crippen LogP contribution in [0.25, 0.3) is 0 Å². The summed E-state index contributed by atoms with van der Waals surface area (Å²) in [6, 6.07) is 3.02. The third-order valence-corrected chi connectivity index (χ3v) is 3.48. The summed E-state index contributed by atoms with van der Waals surface area (Å²) in [7, 11) is 0. The average molecular weight is 277 g/mol. The minimum absolute atomic E-state index is 0.0625. The van der Waals surface area contributed by atoms with Gasteiger partial charge in [-0.2, -0.15) is 0 Å². The van der Waals surface area contributed by atoms with Gasteiger partial charge in [0.2, 0.25) is 5.91 Å². The SMILES string of the molecule is Cc1ccc(C(=O)NC2CCCNC(=O)C2)c(N)c1O. The Morgan fingerprint density at radius 1 is 1.50 bits per heavy atom. The maximum atomic E-state index is 12.2. The highest BCUT2D eigenvalue weighted by Crippen LogP contribution is 2.28. The maximum Gasteiger partial charge on any atom is 0.253 e. The fraction of sp³-hybridized carbons (Fsp3) is 0.429. The number of hydrogen-bond donors (Lipinski definition) is 4. The Labute approximate surface area is 117 Å². The van der Waals surface area contributed by atoms with Crippen molar-refractivity contribution in [3.05, 3.63) is 23.3 Å². The molecule has 0 aliphatic carbocycles. The number of carbonyl (C=O) groups excluding carboxylic acids is 2. The van der Waals surface area contributed by atoms with Crippen LogP contribution in [0.4, 0.5) is 5.69 Å². The third-order valence-electron chi connectivity index (χ3n) is 3.48. The van der Waals surface area contributed by atoms with Crippen LogP contribution in [0.5, 0.6) is 5.75 Å². The van der Waals surface area contributed by atoms with Crippen LogP contribution in [0.2, 0.25) is 0 Å². The van der Waals surface area contributed by atoms with E-state index in [-0.39, 0.29) is 41.3 Å². The molecule has 6 heteroatoms. The molecule has 6 nitrogen and oxygen atoms in total. The van der Waals surface area contributed by atoms with Crippen molar-refractivity contribution >= 4 is 17.5 Å². The number of carbonyl (C=O) groups is 2. The fourth-order valence-corrected chi connectivity index (χ4v) is 2.28. The standard InChI is InChI=1S/C14H19N3O3/c1-8-4-5-10(12(15)13(8)19)14(20)17-9-3-2-6-16-11(18)7-9/h4-5,9,19H,2-3,6-7,15H2,1H3,(H,16,18)(H,17,20). The first-order valence-corrected chi connectivity index (χ1v) is 6.64. The van der Waals surface area contributed by atoms with Crippen molar-refractivity contribution in [2.75, 3.05) is 12.3 Å². The molecule has 0 saturated carbocycles. The molecular weight excluding hydrogens is 258 g/mol. The van der Waals surface area contributed by atoms with Gasteiger partial charge in [0.05, 0.1) is 11.3 Å². The van der Waals surface area contributed by atoms with Crippen molar-refractivity contribution < 1.29 is 14.7 Å². The first-order chi connectivity index (χ1) is 9.49. The number of phenols is 1. The molecule has 0 aromatic heterocycles. The van der Waals surface area contributed by atoms with Crippen LogP contribution in [0.15, 0.2) is 12.1 Å². The van der Waals surface area contributed by atoms with Crippen molar-refractivity contribution in [2.45, 2.75) is 32.2 Å². The zero-order chi connectivity index (χ0) is 14.7. The molecular formula is C14H19N3O3. The molecule has 1 unspecified atom stereocenters. The lowest BCUT2D eigenvalue weighted by Crippen LogP contribution is -2.37. The van der Waals surface area contributed by atoms with E-state index in [1.165, 1.54) is 0 Å². The van der Waals surface area contributed by atoms with Crippen LogP contribution >= 0.6 is 0 Å². The van der Waals surface area contributed by atoms with E-state index in [0.29, 0.717) is 12.1 Å². The van der Waals surface area contributed by atoms with Gasteiger partial charge < -0.3 is 21.5 Å². The number of aryl methyl sites for hydroxylation is 1. The molecule has 1 aliphatic rings. The topological polar surface area (TPSA) is 104 Å². The number of amides is 2. The minimum Gasteiger partial charge on any atom is -0.505 e. The van der Waals surface area contributed by atoms with Gasteiger partial charge in [0.25, 0.3) is 5.91 Å². The number of benzene rings is 1. The Hall–Kier alpha value is -2.24. The third kappa shape index (κ3) is 3.01. The second-order valence-corrected chi connectivity index (χ2v) is 5.06. The molecule has 1 saturated heterocycles. The number of rotatable bonds is 2. The molecule has 108 valence electrons. The highest BCUT2D eigenvalue weighted by atomic mass is 16.3. The van der Waals surface area contributed by atoms with Gasteiger partial charge in [-0.25, -0.2) is 0 Å². The van der Waals surface area contributed by atoms with E-state index in [0.717, 1.165) is 12.8 Å². The monoisotopic (exact) mass is 277 g/mol. The number of hydrogen-bond acceptors (Lipinski definition) is 4. The lowest BCUT2D eigenvalue weighted by molar-refractivity contribution is -0.121. The summed E-state index contributed by atoms with van der Waals surface area (Å²) in [4.78, 5) is 23.6. The van der Waals surface area contributed by atoms with Gasteiger partial charge >= 0.3 is 0 Å². The molecule has 20 heavy (non-hydrogen) atoms. The predicted octanol–water partition coefficient (Wildman–Crippen LogP) is 0.681. The summed E-state index contributed by atoms with van der Waals surface area (Å²) in [6.07, 6.45) is 1.83. The summed E-state index contributed by atoms with van der Waals surface area (Å²) in [6.45, 7) is 2.35. The first-order valence-electron chi connectivity index (χ1n) is 6.64. The number of phenolic OH excluding ortho intramolecular Hbond substituents is 1. The molecule has 0 spiro atoms. The number of anilines is 1. The quantitative estimate of drug-likeness (QED) is 0.471. The Bertz CT molecular complexity index is 543. The van der Waals surface area contributed by atoms with E-state index < -0.39 is 0 Å². The van der Waals surface area contributed by atoms with Gasteiger partial charge in [-0.05, 0) is 31.4 Å². The molecule has 2 rings (SSSR count). The van der Waals surface area contributed by atoms with E-state index in [9.17, 15) is 14.7 Å². The molecule has 2 amide bonds. The smallest absolute Gasteiger partial charge is 0.253 e. The summed E-state index contributed by atoms with van der Waals surface area (Å²) < 4.78 is 0. The number of nitrogen functional groups attached to an aromatic ring is 1. The largest absolute Gasteiger partial charge is 0.505 e. The normalized spacial score (nSPS) is 19.1. The van der Waals surface area contributed by atoms with E-state index >= 15 is 0 Å². The zero-order valence-corrected chi connectivity index (χ0v) is 11.4. The van der Waals surface area contributed by atoms with Crippen molar-refractivity contribution in [1.29, 1.82) is 0 Å². The van der Waals surface area contributed by atoms with E-state index in [1.807, 2.05) is 0 Å². The Morgan fingerprint density at radius 2 is 2.25 bits per heavy atom. The molecule has 0 bridgehead atoms. The van der Waals surface area contributed by atoms with Crippen molar-refractivity contribution in [3.63, 3.8) is 0 Å². The molecule has 1 aliphatic heterocycles. The van der Waals surface area contributed by atoms with Crippen LogP contribution in [-0.4, -0.2) is 29.5 Å². The number of nitrogens with one attached hydrogen (secondary N) is 2. The van der Waals surface area contributed by atoms with Gasteiger partial charge in [-0.1, -0.05) is 6.07 Å². The van der Waals surface area contributed by atoms with Crippen molar-refractivity contribution in [3.8, 4) is 5.75 Å². The van der Waals surface area contributed by atoms with E-state index in [1.54, 1.807) is 19.1 Å². The summed E-state index contributed by atoms with van der Waals surface area (Å²) in [5.74, 6) is -0.499. The van der Waals surface area contributed by atoms with Crippen molar-refractivity contribution in [2.24, 2.45) is 0 Å². The minimum atomic E-state index is -0.363. The molecule has 5 N–H and O–H groups in total. The molecule has 1 aromatic rings. The summed E-state index contributed by atoms with van der Waals surface area (Å²) in [5, 5.41) is 15.3. The molecule has 1 fully saturated rings. The van der Waals surface area contributed by atoms with Gasteiger partial charge in [-0.3, -0.25) is 9.59 Å². The van der Waals surface area contributed by atoms with E-state index in [2.05, 4.69) is 10.6 Å². The second kappa shape index (κ2) is 5.81. The fourth-order valence-electron chi connectivity index (χ4n) is 2.28. The molecule has 1 heterocycles. The van der Waals surface area contributed by atoms with Gasteiger partial charge in [-0.15, -0.1) is 0 Å². The summed E-state index contributed by atoms with van der Waals surface area (Å²) in [5.41, 5.74) is 6.68. The van der Waals surface area contributed by atoms with Crippen LogP contribution in [0.1, 0.15) is 35.2 Å². The number of aromatic hydroxyl groups is 1. The molecule has 1 atom stereocenters. The predicted molar refractivity (Wildman–Crippen MR) is 75.4 cm³/mol. The van der Waals surface area contributed by atoms with Crippen LogP contribution < -0.4 is 16.4 Å². The van der Waals surface area contributed by atoms with Gasteiger partial charge in [0, 0.05) is 19.0 Å². The van der Waals surface area contributed by atoms with E-state index in [4.69, 9.17) is 5.73 Å². The van der Waals surface area contributed by atoms with Gasteiger partial charge in [0.15, 0.2) is 0 Å². The molecule has 0 radical (unpaired) electrons. The second-order valence-electron chi connectivity index (χ2n) is 5.06. The Balaban J connectivity index is 2.12. The average Bonchev–Trinajstić information content (AvgIpc) is 2.60. The van der Waals surface area contributed by atoms with Crippen LogP contribution in [0, 0.1) is 6.92 Å². The zero-order valence-electron chi connectivity index (χ0n) is 11.4. The first kappa shape index (κ1) is 14.2. The lowest BCUT2D eigenvalue weighted by Gasteiger charge is -2.16. The van der Waals surface area contributed by atoms with Crippen LogP contribution in [-0.2, 0) is 4.79 Å². The Kier molecular flexibility index (Phi) is 4.12. The number of nitrogens with two attached hydrogens (primary N) is 1.